The van der Waals surface area contributed by atoms with E-state index in [1.165, 1.54) is 0 Å². The lowest BCUT2D eigenvalue weighted by atomic mass is 10.0. The van der Waals surface area contributed by atoms with Crippen LogP contribution in [0.1, 0.15) is 20.7 Å². The van der Waals surface area contributed by atoms with Gasteiger partial charge in [-0.05, 0) is 12.1 Å². The molecule has 1 aromatic carbocycles. The van der Waals surface area contributed by atoms with Crippen LogP contribution in [0.4, 0.5) is 0 Å². The van der Waals surface area contributed by atoms with Gasteiger partial charge in [-0.15, -0.1) is 0 Å². The number of carboxylic acids is 2. The number of benzene rings is 1. The fraction of sp³-hybridized carbons (Fsp3) is 0. The Bertz CT molecular complexity index is 716. The van der Waals surface area contributed by atoms with Gasteiger partial charge in [0.05, 0.1) is 26.9 Å². The molecule has 0 aliphatic rings. The molecule has 1 heterocycles. The number of aromatic carboxylic acids is 2. The van der Waals surface area contributed by atoms with Gasteiger partial charge in [-0.1, -0.05) is 35.3 Å². The Morgan fingerprint density at radius 1 is 1.10 bits per heavy atom. The van der Waals surface area contributed by atoms with Gasteiger partial charge in [-0.25, -0.2) is 9.59 Å². The minimum absolute atomic E-state index is 0.0648. The van der Waals surface area contributed by atoms with Crippen molar-refractivity contribution in [3.8, 4) is 11.3 Å². The Morgan fingerprint density at radius 2 is 1.80 bits per heavy atom. The second-order valence-electron chi connectivity index (χ2n) is 3.83. The molecule has 1 aromatic heterocycles. The minimum Gasteiger partial charge on any atom is -0.478 e. The zero-order valence-corrected chi connectivity index (χ0v) is 11.3. The lowest BCUT2D eigenvalue weighted by Gasteiger charge is -2.09. The van der Waals surface area contributed by atoms with E-state index in [4.69, 9.17) is 28.3 Å². The molecule has 5 nitrogen and oxygen atoms in total. The first kappa shape index (κ1) is 14.3. The molecule has 0 atom stereocenters. The molecule has 0 saturated heterocycles. The van der Waals surface area contributed by atoms with Gasteiger partial charge >= 0.3 is 11.9 Å². The number of nitrogens with zero attached hydrogens (tertiary/aromatic N) is 1. The zero-order chi connectivity index (χ0) is 14.9. The first-order chi connectivity index (χ1) is 9.41. The molecule has 7 heteroatoms. The van der Waals surface area contributed by atoms with Gasteiger partial charge in [-0.3, -0.25) is 4.98 Å². The lowest BCUT2D eigenvalue weighted by molar-refractivity contribution is 0.0696. The van der Waals surface area contributed by atoms with Crippen LogP contribution in [0.5, 0.6) is 0 Å². The summed E-state index contributed by atoms with van der Waals surface area (Å²) >= 11 is 11.9. The topological polar surface area (TPSA) is 87.5 Å². The molecule has 0 radical (unpaired) electrons. The van der Waals surface area contributed by atoms with Gasteiger partial charge in [0.15, 0.2) is 0 Å². The Labute approximate surface area is 123 Å². The molecular formula is C13H7Cl2NO4. The summed E-state index contributed by atoms with van der Waals surface area (Å²) in [6.07, 6.45) is 1.07. The van der Waals surface area contributed by atoms with Gasteiger partial charge in [0, 0.05) is 11.8 Å². The predicted molar refractivity (Wildman–Crippen MR) is 73.6 cm³/mol. The van der Waals surface area contributed by atoms with Crippen molar-refractivity contribution in [3.63, 3.8) is 0 Å². The predicted octanol–water partition coefficient (Wildman–Crippen LogP) is 3.45. The normalized spacial score (nSPS) is 10.3. The molecule has 0 aliphatic carbocycles. The summed E-state index contributed by atoms with van der Waals surface area (Å²) in [5.74, 6) is -2.56. The Morgan fingerprint density at radius 3 is 2.40 bits per heavy atom. The first-order valence-electron chi connectivity index (χ1n) is 5.33. The third-order valence-corrected chi connectivity index (χ3v) is 3.39. The number of hydrogen-bond acceptors (Lipinski definition) is 3. The van der Waals surface area contributed by atoms with E-state index in [2.05, 4.69) is 4.98 Å². The highest BCUT2D eigenvalue weighted by Crippen LogP contribution is 2.34. The van der Waals surface area contributed by atoms with Crippen molar-refractivity contribution in [1.29, 1.82) is 0 Å². The van der Waals surface area contributed by atoms with Gasteiger partial charge in [0.25, 0.3) is 0 Å². The van der Waals surface area contributed by atoms with Crippen molar-refractivity contribution in [2.75, 3.05) is 0 Å². The van der Waals surface area contributed by atoms with Crippen molar-refractivity contribution < 1.29 is 19.8 Å². The van der Waals surface area contributed by atoms with E-state index in [0.29, 0.717) is 5.56 Å². The van der Waals surface area contributed by atoms with Crippen LogP contribution in [0.3, 0.4) is 0 Å². The monoisotopic (exact) mass is 311 g/mol. The molecule has 102 valence electrons. The summed E-state index contributed by atoms with van der Waals surface area (Å²) in [7, 11) is 0. The lowest BCUT2D eigenvalue weighted by Crippen LogP contribution is -2.06. The highest BCUT2D eigenvalue weighted by atomic mass is 35.5. The van der Waals surface area contributed by atoms with E-state index >= 15 is 0 Å². The van der Waals surface area contributed by atoms with Crippen molar-refractivity contribution in [3.05, 3.63) is 51.6 Å². The number of aromatic nitrogens is 1. The fourth-order valence-electron chi connectivity index (χ4n) is 1.65. The first-order valence-corrected chi connectivity index (χ1v) is 6.08. The highest BCUT2D eigenvalue weighted by molar-refractivity contribution is 6.43. The standard InChI is InChI=1S/C13H7Cl2NO4/c14-9-3-1-2-7(10(9)15)11-8(13(19)20)4-6(5-16-11)12(17)18/h1-5H,(H,17,18)(H,19,20). The summed E-state index contributed by atoms with van der Waals surface area (Å²) in [6.45, 7) is 0. The summed E-state index contributed by atoms with van der Waals surface area (Å²) < 4.78 is 0. The Hall–Kier alpha value is -2.11. The summed E-state index contributed by atoms with van der Waals surface area (Å²) in [5, 5.41) is 18.5. The minimum atomic E-state index is -1.30. The van der Waals surface area contributed by atoms with Crippen LogP contribution in [0.2, 0.25) is 10.0 Å². The molecule has 0 amide bonds. The molecular weight excluding hydrogens is 305 g/mol. The maximum absolute atomic E-state index is 11.3. The molecule has 20 heavy (non-hydrogen) atoms. The average Bonchev–Trinajstić information content (AvgIpc) is 2.41. The maximum Gasteiger partial charge on any atom is 0.337 e. The second-order valence-corrected chi connectivity index (χ2v) is 4.62. The van der Waals surface area contributed by atoms with Crippen molar-refractivity contribution in [1.82, 2.24) is 4.98 Å². The Kier molecular flexibility index (Phi) is 3.92. The van der Waals surface area contributed by atoms with E-state index in [-0.39, 0.29) is 26.9 Å². The molecule has 0 saturated carbocycles. The quantitative estimate of drug-likeness (QED) is 0.906. The van der Waals surface area contributed by atoms with Gasteiger partial charge in [-0.2, -0.15) is 0 Å². The SMILES string of the molecule is O=C(O)c1cnc(-c2cccc(Cl)c2Cl)c(C(=O)O)c1. The van der Waals surface area contributed by atoms with Crippen molar-refractivity contribution in [2.45, 2.75) is 0 Å². The molecule has 0 fully saturated rings. The van der Waals surface area contributed by atoms with Gasteiger partial charge < -0.3 is 10.2 Å². The van der Waals surface area contributed by atoms with E-state index in [0.717, 1.165) is 12.3 Å². The number of hydrogen-bond donors (Lipinski definition) is 2. The molecule has 0 spiro atoms. The third-order valence-electron chi connectivity index (χ3n) is 2.57. The van der Waals surface area contributed by atoms with Crippen LogP contribution >= 0.6 is 23.2 Å². The van der Waals surface area contributed by atoms with Crippen molar-refractivity contribution in [2.24, 2.45) is 0 Å². The highest BCUT2D eigenvalue weighted by Gasteiger charge is 2.19. The number of halogens is 2. The van der Waals surface area contributed by atoms with Crippen LogP contribution in [0.15, 0.2) is 30.5 Å². The average molecular weight is 312 g/mol. The van der Waals surface area contributed by atoms with Crippen LogP contribution in [0.25, 0.3) is 11.3 Å². The van der Waals surface area contributed by atoms with Gasteiger partial charge in [0.2, 0.25) is 0 Å². The molecule has 0 bridgehead atoms. The Balaban J connectivity index is 2.71. The second kappa shape index (κ2) is 5.48. The van der Waals surface area contributed by atoms with E-state index in [1.807, 2.05) is 0 Å². The zero-order valence-electron chi connectivity index (χ0n) is 9.80. The van der Waals surface area contributed by atoms with Crippen LogP contribution in [-0.2, 0) is 0 Å². The van der Waals surface area contributed by atoms with E-state index in [1.54, 1.807) is 18.2 Å². The van der Waals surface area contributed by atoms with Crippen LogP contribution < -0.4 is 0 Å². The van der Waals surface area contributed by atoms with E-state index < -0.39 is 11.9 Å². The summed E-state index contributed by atoms with van der Waals surface area (Å²) in [4.78, 5) is 26.0. The number of carboxylic acid groups (broad SMARTS) is 2. The number of carbonyl (C=O) groups is 2. The number of pyridine rings is 1. The smallest absolute Gasteiger partial charge is 0.337 e. The van der Waals surface area contributed by atoms with Crippen LogP contribution in [-0.4, -0.2) is 27.1 Å². The molecule has 2 aromatic rings. The molecule has 0 aliphatic heterocycles. The summed E-state index contributed by atoms with van der Waals surface area (Å²) in [6, 6.07) is 5.75. The maximum atomic E-state index is 11.3. The molecule has 2 rings (SSSR count). The largest absolute Gasteiger partial charge is 0.478 e. The molecule has 2 N–H and O–H groups in total. The molecule has 0 unspecified atom stereocenters. The van der Waals surface area contributed by atoms with E-state index in [9.17, 15) is 14.7 Å². The number of rotatable bonds is 3. The summed E-state index contributed by atoms with van der Waals surface area (Å²) in [5.41, 5.74) is -0.0816. The van der Waals surface area contributed by atoms with Crippen molar-refractivity contribution >= 4 is 35.1 Å². The third kappa shape index (κ3) is 2.59. The van der Waals surface area contributed by atoms with Crippen LogP contribution in [0, 0.1) is 0 Å². The fourth-order valence-corrected chi connectivity index (χ4v) is 2.04. The van der Waals surface area contributed by atoms with Gasteiger partial charge in [0.1, 0.15) is 0 Å².